The Labute approximate surface area is 146 Å². The molecular formula is C19H18N2O4. The van der Waals surface area contributed by atoms with Crippen LogP contribution in [0.2, 0.25) is 0 Å². The summed E-state index contributed by atoms with van der Waals surface area (Å²) in [5, 5.41) is 20.1. The van der Waals surface area contributed by atoms with E-state index in [2.05, 4.69) is 6.07 Å². The van der Waals surface area contributed by atoms with Gasteiger partial charge in [0.15, 0.2) is 11.5 Å². The monoisotopic (exact) mass is 338 g/mol. The molecule has 0 N–H and O–H groups in total. The molecule has 0 aromatic heterocycles. The Balaban J connectivity index is 2.35. The van der Waals surface area contributed by atoms with Gasteiger partial charge in [0.2, 0.25) is 0 Å². The lowest BCUT2D eigenvalue weighted by molar-refractivity contribution is -0.384. The van der Waals surface area contributed by atoms with Crippen LogP contribution in [0, 0.1) is 21.4 Å². The van der Waals surface area contributed by atoms with E-state index in [4.69, 9.17) is 9.47 Å². The number of benzene rings is 2. The number of ether oxygens (including phenoxy) is 2. The summed E-state index contributed by atoms with van der Waals surface area (Å²) in [4.78, 5) is 10.3. The van der Waals surface area contributed by atoms with E-state index in [9.17, 15) is 15.4 Å². The lowest BCUT2D eigenvalue weighted by atomic mass is 10.0. The third kappa shape index (κ3) is 4.58. The van der Waals surface area contributed by atoms with Crippen molar-refractivity contribution in [2.45, 2.75) is 13.3 Å². The molecule has 0 spiro atoms. The van der Waals surface area contributed by atoms with Gasteiger partial charge in [-0.3, -0.25) is 10.1 Å². The summed E-state index contributed by atoms with van der Waals surface area (Å²) in [6, 6.07) is 13.4. The number of rotatable bonds is 7. The van der Waals surface area contributed by atoms with Crippen molar-refractivity contribution in [1.29, 1.82) is 5.26 Å². The van der Waals surface area contributed by atoms with E-state index in [1.54, 1.807) is 37.5 Å². The molecule has 2 aromatic carbocycles. The van der Waals surface area contributed by atoms with Gasteiger partial charge in [-0.05, 0) is 47.9 Å². The van der Waals surface area contributed by atoms with Gasteiger partial charge in [0, 0.05) is 12.1 Å². The summed E-state index contributed by atoms with van der Waals surface area (Å²) in [6.07, 6.45) is 2.58. The zero-order valence-corrected chi connectivity index (χ0v) is 14.1. The number of methoxy groups -OCH3 is 1. The smallest absolute Gasteiger partial charge is 0.269 e. The number of nitro groups is 1. The predicted molar refractivity (Wildman–Crippen MR) is 95.4 cm³/mol. The first-order valence-corrected chi connectivity index (χ1v) is 7.76. The average molecular weight is 338 g/mol. The second-order valence-corrected chi connectivity index (χ2v) is 5.23. The molecule has 0 aliphatic rings. The summed E-state index contributed by atoms with van der Waals surface area (Å²) in [6.45, 7) is 2.58. The van der Waals surface area contributed by atoms with Crippen LogP contribution in [0.3, 0.4) is 0 Å². The molecule has 6 heteroatoms. The van der Waals surface area contributed by atoms with Crippen molar-refractivity contribution in [3.8, 4) is 17.6 Å². The van der Waals surface area contributed by atoms with E-state index in [0.717, 1.165) is 12.0 Å². The lowest BCUT2D eigenvalue weighted by Crippen LogP contribution is -1.98. The fraction of sp³-hybridized carbons (Fsp3) is 0.211. The number of allylic oxidation sites excluding steroid dienone is 1. The molecule has 0 amide bonds. The standard InChI is InChI=1S/C19H18N2O4/c1-3-10-25-19-12-14(4-9-18(19)24-2)11-16(13-20)15-5-7-17(8-6-15)21(22)23/h4-9,11-12H,3,10H2,1-2H3/b16-11+. The van der Waals surface area contributed by atoms with Crippen molar-refractivity contribution in [2.24, 2.45) is 0 Å². The van der Waals surface area contributed by atoms with Crippen molar-refractivity contribution < 1.29 is 14.4 Å². The van der Waals surface area contributed by atoms with Crippen molar-refractivity contribution in [3.63, 3.8) is 0 Å². The minimum absolute atomic E-state index is 0.0132. The Morgan fingerprint density at radius 1 is 1.24 bits per heavy atom. The number of hydrogen-bond donors (Lipinski definition) is 0. The number of non-ortho nitro benzene ring substituents is 1. The predicted octanol–water partition coefficient (Wildman–Crippen LogP) is 4.46. The van der Waals surface area contributed by atoms with E-state index < -0.39 is 4.92 Å². The second-order valence-electron chi connectivity index (χ2n) is 5.23. The molecule has 2 rings (SSSR count). The molecule has 0 bridgehead atoms. The van der Waals surface area contributed by atoms with Crippen LogP contribution in [0.15, 0.2) is 42.5 Å². The molecule has 0 atom stereocenters. The molecule has 0 saturated carbocycles. The highest BCUT2D eigenvalue weighted by atomic mass is 16.6. The number of nitro benzene ring substituents is 1. The van der Waals surface area contributed by atoms with Crippen molar-refractivity contribution >= 4 is 17.3 Å². The highest BCUT2D eigenvalue weighted by Gasteiger charge is 2.09. The van der Waals surface area contributed by atoms with Crippen LogP contribution in [-0.2, 0) is 0 Å². The summed E-state index contributed by atoms with van der Waals surface area (Å²) >= 11 is 0. The van der Waals surface area contributed by atoms with Crippen LogP contribution < -0.4 is 9.47 Å². The van der Waals surface area contributed by atoms with Crippen LogP contribution >= 0.6 is 0 Å². The third-order valence-electron chi connectivity index (χ3n) is 3.47. The van der Waals surface area contributed by atoms with E-state index in [0.29, 0.717) is 29.2 Å². The number of hydrogen-bond acceptors (Lipinski definition) is 5. The van der Waals surface area contributed by atoms with Gasteiger partial charge >= 0.3 is 0 Å². The topological polar surface area (TPSA) is 85.4 Å². The molecule has 0 aliphatic carbocycles. The van der Waals surface area contributed by atoms with Gasteiger partial charge in [-0.1, -0.05) is 13.0 Å². The summed E-state index contributed by atoms with van der Waals surface area (Å²) in [5.41, 5.74) is 1.78. The molecule has 0 heterocycles. The Morgan fingerprint density at radius 3 is 2.52 bits per heavy atom. The summed E-state index contributed by atoms with van der Waals surface area (Å²) < 4.78 is 10.9. The van der Waals surface area contributed by atoms with Crippen LogP contribution in [-0.4, -0.2) is 18.6 Å². The molecule has 0 aliphatic heterocycles. The van der Waals surface area contributed by atoms with Gasteiger partial charge in [-0.2, -0.15) is 5.26 Å². The average Bonchev–Trinajstić information content (AvgIpc) is 2.64. The zero-order valence-electron chi connectivity index (χ0n) is 14.1. The SMILES string of the molecule is CCCOc1cc(/C=C(\C#N)c2ccc([N+](=O)[O-])cc2)ccc1OC. The Morgan fingerprint density at radius 2 is 1.96 bits per heavy atom. The number of nitriles is 1. The van der Waals surface area contributed by atoms with Crippen molar-refractivity contribution in [1.82, 2.24) is 0 Å². The molecule has 2 aromatic rings. The van der Waals surface area contributed by atoms with E-state index in [1.807, 2.05) is 13.0 Å². The van der Waals surface area contributed by atoms with Crippen LogP contribution in [0.4, 0.5) is 5.69 Å². The van der Waals surface area contributed by atoms with Gasteiger partial charge in [-0.25, -0.2) is 0 Å². The fourth-order valence-electron chi connectivity index (χ4n) is 2.22. The van der Waals surface area contributed by atoms with Gasteiger partial charge < -0.3 is 9.47 Å². The number of nitrogens with zero attached hydrogens (tertiary/aromatic N) is 2. The quantitative estimate of drug-likeness (QED) is 0.322. The second kappa shape index (κ2) is 8.50. The Kier molecular flexibility index (Phi) is 6.13. The van der Waals surface area contributed by atoms with Gasteiger partial charge in [0.25, 0.3) is 5.69 Å². The maximum absolute atomic E-state index is 10.7. The van der Waals surface area contributed by atoms with E-state index in [1.165, 1.54) is 12.1 Å². The van der Waals surface area contributed by atoms with Crippen molar-refractivity contribution in [3.05, 3.63) is 63.7 Å². The Hall–Kier alpha value is -3.33. The summed E-state index contributed by atoms with van der Waals surface area (Å²) in [7, 11) is 1.57. The highest BCUT2D eigenvalue weighted by molar-refractivity contribution is 5.90. The fourth-order valence-corrected chi connectivity index (χ4v) is 2.22. The molecule has 0 unspecified atom stereocenters. The minimum atomic E-state index is -0.472. The first-order valence-electron chi connectivity index (χ1n) is 7.76. The summed E-state index contributed by atoms with van der Waals surface area (Å²) in [5.74, 6) is 1.23. The van der Waals surface area contributed by atoms with Crippen LogP contribution in [0.1, 0.15) is 24.5 Å². The van der Waals surface area contributed by atoms with Crippen LogP contribution in [0.5, 0.6) is 11.5 Å². The van der Waals surface area contributed by atoms with Crippen molar-refractivity contribution in [2.75, 3.05) is 13.7 Å². The van der Waals surface area contributed by atoms with Gasteiger partial charge in [-0.15, -0.1) is 0 Å². The van der Waals surface area contributed by atoms with E-state index >= 15 is 0 Å². The zero-order chi connectivity index (χ0) is 18.2. The Bertz CT molecular complexity index is 820. The van der Waals surface area contributed by atoms with Gasteiger partial charge in [0.1, 0.15) is 0 Å². The highest BCUT2D eigenvalue weighted by Crippen LogP contribution is 2.30. The molecule has 25 heavy (non-hydrogen) atoms. The lowest BCUT2D eigenvalue weighted by Gasteiger charge is -2.10. The van der Waals surface area contributed by atoms with Gasteiger partial charge in [0.05, 0.1) is 30.3 Å². The molecule has 128 valence electrons. The maximum atomic E-state index is 10.7. The van der Waals surface area contributed by atoms with Crippen LogP contribution in [0.25, 0.3) is 11.6 Å². The van der Waals surface area contributed by atoms with E-state index in [-0.39, 0.29) is 5.69 Å². The maximum Gasteiger partial charge on any atom is 0.269 e. The normalized spacial score (nSPS) is 10.8. The molecule has 0 saturated heterocycles. The first kappa shape index (κ1) is 18.0. The first-order chi connectivity index (χ1) is 12.1. The minimum Gasteiger partial charge on any atom is -0.493 e. The third-order valence-corrected chi connectivity index (χ3v) is 3.47. The molecular weight excluding hydrogens is 320 g/mol. The molecule has 0 fully saturated rings. The molecule has 6 nitrogen and oxygen atoms in total. The largest absolute Gasteiger partial charge is 0.493 e. The molecule has 0 radical (unpaired) electrons.